The zero-order valence-electron chi connectivity index (χ0n) is 14.4. The number of carbonyl (C=O) groups is 2. The van der Waals surface area contributed by atoms with Crippen molar-refractivity contribution in [1.29, 1.82) is 0 Å². The molecule has 1 aliphatic heterocycles. The molecule has 1 N–H and O–H groups in total. The second-order valence-electron chi connectivity index (χ2n) is 6.32. The van der Waals surface area contributed by atoms with E-state index in [-0.39, 0.29) is 24.8 Å². The van der Waals surface area contributed by atoms with E-state index in [1.165, 1.54) is 12.1 Å². The van der Waals surface area contributed by atoms with Gasteiger partial charge in [-0.25, -0.2) is 4.98 Å². The molecule has 5 nitrogen and oxygen atoms in total. The van der Waals surface area contributed by atoms with Gasteiger partial charge in [-0.1, -0.05) is 18.2 Å². The third-order valence-corrected chi connectivity index (χ3v) is 4.27. The summed E-state index contributed by atoms with van der Waals surface area (Å²) in [6.45, 7) is 0.826. The molecular weight excluding hydrogens is 359 g/mol. The first-order valence-corrected chi connectivity index (χ1v) is 8.51. The molecule has 0 bridgehead atoms. The summed E-state index contributed by atoms with van der Waals surface area (Å²) in [6, 6.07) is 8.16. The highest BCUT2D eigenvalue weighted by molar-refractivity contribution is 5.94. The maximum absolute atomic E-state index is 12.7. The fourth-order valence-corrected chi connectivity index (χ4v) is 2.91. The molecule has 1 aromatic carbocycles. The van der Waals surface area contributed by atoms with Crippen molar-refractivity contribution in [3.8, 4) is 0 Å². The number of benzene rings is 1. The number of pyridine rings is 1. The molecule has 1 aromatic heterocycles. The minimum atomic E-state index is -4.44. The van der Waals surface area contributed by atoms with E-state index in [1.807, 2.05) is 0 Å². The van der Waals surface area contributed by atoms with Gasteiger partial charge in [-0.3, -0.25) is 14.5 Å². The van der Waals surface area contributed by atoms with Crippen LogP contribution in [-0.2, 0) is 28.7 Å². The normalized spacial score (nSPS) is 14.5. The van der Waals surface area contributed by atoms with Crippen LogP contribution in [0.5, 0.6) is 0 Å². The summed E-state index contributed by atoms with van der Waals surface area (Å²) in [6.07, 6.45) is -1.73. The highest BCUT2D eigenvalue weighted by Crippen LogP contribution is 2.29. The Kier molecular flexibility index (Phi) is 5.43. The maximum atomic E-state index is 12.7. The molecule has 2 aromatic rings. The van der Waals surface area contributed by atoms with Gasteiger partial charge in [0.25, 0.3) is 0 Å². The fraction of sp³-hybridized carbons (Fsp3) is 0.316. The van der Waals surface area contributed by atoms with E-state index in [0.29, 0.717) is 24.3 Å². The SMILES string of the molecule is O=C(Cc1cccc(C(F)(F)F)c1)NCc1ccnc(N2CCCC2=O)c1. The topological polar surface area (TPSA) is 62.3 Å². The van der Waals surface area contributed by atoms with E-state index in [1.54, 1.807) is 23.2 Å². The average Bonchev–Trinajstić information content (AvgIpc) is 3.06. The molecule has 2 heterocycles. The maximum Gasteiger partial charge on any atom is 0.416 e. The third kappa shape index (κ3) is 4.84. The van der Waals surface area contributed by atoms with E-state index in [0.717, 1.165) is 24.1 Å². The number of amides is 2. The Balaban J connectivity index is 1.59. The first kappa shape index (κ1) is 18.9. The lowest BCUT2D eigenvalue weighted by molar-refractivity contribution is -0.137. The van der Waals surface area contributed by atoms with Crippen molar-refractivity contribution in [2.45, 2.75) is 32.0 Å². The molecular formula is C19H18F3N3O2. The van der Waals surface area contributed by atoms with Crippen molar-refractivity contribution in [3.05, 3.63) is 59.3 Å². The molecule has 27 heavy (non-hydrogen) atoms. The second-order valence-corrected chi connectivity index (χ2v) is 6.32. The Hall–Kier alpha value is -2.90. The lowest BCUT2D eigenvalue weighted by Crippen LogP contribution is -2.26. The fourth-order valence-electron chi connectivity index (χ4n) is 2.91. The zero-order valence-corrected chi connectivity index (χ0v) is 14.4. The van der Waals surface area contributed by atoms with Crippen LogP contribution in [0, 0.1) is 0 Å². The largest absolute Gasteiger partial charge is 0.416 e. The minimum Gasteiger partial charge on any atom is -0.352 e. The molecule has 3 rings (SSSR count). The Morgan fingerprint density at radius 2 is 2.00 bits per heavy atom. The number of aromatic nitrogens is 1. The highest BCUT2D eigenvalue weighted by Gasteiger charge is 2.30. The Morgan fingerprint density at radius 3 is 2.70 bits per heavy atom. The number of rotatable bonds is 5. The summed E-state index contributed by atoms with van der Waals surface area (Å²) in [4.78, 5) is 29.6. The van der Waals surface area contributed by atoms with E-state index in [9.17, 15) is 22.8 Å². The number of halogens is 3. The minimum absolute atomic E-state index is 0.0215. The molecule has 0 radical (unpaired) electrons. The Labute approximate surface area is 154 Å². The van der Waals surface area contributed by atoms with Crippen molar-refractivity contribution >= 4 is 17.6 Å². The lowest BCUT2D eigenvalue weighted by Gasteiger charge is -2.15. The standard InChI is InChI=1S/C19H18F3N3O2/c20-19(21,22)15-4-1-3-13(9-15)11-17(26)24-12-14-6-7-23-16(10-14)25-8-2-5-18(25)27/h1,3-4,6-7,9-10H,2,5,8,11-12H2,(H,24,26). The van der Waals surface area contributed by atoms with E-state index in [4.69, 9.17) is 0 Å². The summed E-state index contributed by atoms with van der Waals surface area (Å²) in [5, 5.41) is 2.68. The van der Waals surface area contributed by atoms with Gasteiger partial charge in [-0.05, 0) is 35.7 Å². The predicted octanol–water partition coefficient (Wildman–Crippen LogP) is 3.09. The van der Waals surface area contributed by atoms with Crippen molar-refractivity contribution < 1.29 is 22.8 Å². The molecule has 0 atom stereocenters. The summed E-state index contributed by atoms with van der Waals surface area (Å²) in [5.41, 5.74) is 0.277. The number of hydrogen-bond acceptors (Lipinski definition) is 3. The smallest absolute Gasteiger partial charge is 0.352 e. The van der Waals surface area contributed by atoms with Crippen LogP contribution in [0.2, 0.25) is 0 Å². The lowest BCUT2D eigenvalue weighted by atomic mass is 10.1. The summed E-state index contributed by atoms with van der Waals surface area (Å²) in [7, 11) is 0. The third-order valence-electron chi connectivity index (χ3n) is 4.27. The molecule has 0 saturated carbocycles. The number of alkyl halides is 3. The molecule has 2 amide bonds. The number of anilines is 1. The van der Waals surface area contributed by atoms with Gasteiger partial charge in [0.2, 0.25) is 11.8 Å². The molecule has 142 valence electrons. The highest BCUT2D eigenvalue weighted by atomic mass is 19.4. The van der Waals surface area contributed by atoms with Gasteiger partial charge in [-0.2, -0.15) is 13.2 Å². The van der Waals surface area contributed by atoms with Gasteiger partial charge in [-0.15, -0.1) is 0 Å². The number of hydrogen-bond donors (Lipinski definition) is 1. The second kappa shape index (κ2) is 7.77. The van der Waals surface area contributed by atoms with Gasteiger partial charge in [0.15, 0.2) is 0 Å². The first-order valence-electron chi connectivity index (χ1n) is 8.51. The van der Waals surface area contributed by atoms with Gasteiger partial charge in [0, 0.05) is 25.7 Å². The van der Waals surface area contributed by atoms with Crippen molar-refractivity contribution in [1.82, 2.24) is 10.3 Å². The molecule has 0 unspecified atom stereocenters. The summed E-state index contributed by atoms with van der Waals surface area (Å²) in [5.74, 6) is 0.181. The summed E-state index contributed by atoms with van der Waals surface area (Å²) < 4.78 is 38.2. The number of nitrogens with one attached hydrogen (secondary N) is 1. The van der Waals surface area contributed by atoms with E-state index >= 15 is 0 Å². The van der Waals surface area contributed by atoms with Gasteiger partial charge in [0.1, 0.15) is 5.82 Å². The molecule has 1 saturated heterocycles. The van der Waals surface area contributed by atoms with Gasteiger partial charge < -0.3 is 5.32 Å². The van der Waals surface area contributed by atoms with Crippen LogP contribution >= 0.6 is 0 Å². The Morgan fingerprint density at radius 1 is 1.19 bits per heavy atom. The number of carbonyl (C=O) groups excluding carboxylic acids is 2. The first-order chi connectivity index (χ1) is 12.8. The van der Waals surface area contributed by atoms with Gasteiger partial charge >= 0.3 is 6.18 Å². The van der Waals surface area contributed by atoms with E-state index < -0.39 is 11.7 Å². The van der Waals surface area contributed by atoms with Crippen LogP contribution in [0.4, 0.5) is 19.0 Å². The van der Waals surface area contributed by atoms with Gasteiger partial charge in [0.05, 0.1) is 12.0 Å². The van der Waals surface area contributed by atoms with E-state index in [2.05, 4.69) is 10.3 Å². The molecule has 0 aliphatic carbocycles. The summed E-state index contributed by atoms with van der Waals surface area (Å²) >= 11 is 0. The van der Waals surface area contributed by atoms with Crippen LogP contribution < -0.4 is 10.2 Å². The zero-order chi connectivity index (χ0) is 19.4. The van der Waals surface area contributed by atoms with Crippen LogP contribution in [-0.4, -0.2) is 23.3 Å². The quantitative estimate of drug-likeness (QED) is 0.871. The van der Waals surface area contributed by atoms with Crippen LogP contribution in [0.25, 0.3) is 0 Å². The molecule has 8 heteroatoms. The Bertz CT molecular complexity index is 852. The van der Waals surface area contributed by atoms with Crippen LogP contribution in [0.1, 0.15) is 29.5 Å². The monoisotopic (exact) mass is 377 g/mol. The number of nitrogens with zero attached hydrogens (tertiary/aromatic N) is 2. The van der Waals surface area contributed by atoms with Crippen molar-refractivity contribution in [3.63, 3.8) is 0 Å². The van der Waals surface area contributed by atoms with Crippen LogP contribution in [0.3, 0.4) is 0 Å². The molecule has 1 aliphatic rings. The average molecular weight is 377 g/mol. The molecule has 1 fully saturated rings. The predicted molar refractivity (Wildman–Crippen MR) is 92.8 cm³/mol. The van der Waals surface area contributed by atoms with Crippen LogP contribution in [0.15, 0.2) is 42.6 Å². The van der Waals surface area contributed by atoms with Crippen molar-refractivity contribution in [2.75, 3.05) is 11.4 Å². The molecule has 0 spiro atoms. The van der Waals surface area contributed by atoms with Crippen molar-refractivity contribution in [2.24, 2.45) is 0 Å².